The van der Waals surface area contributed by atoms with Crippen molar-refractivity contribution in [3.8, 4) is 0 Å². The Kier molecular flexibility index (Phi) is 4.91. The number of amides is 1. The monoisotopic (exact) mass is 330 g/mol. The number of ether oxygens (including phenoxy) is 1. The fourth-order valence-electron chi connectivity index (χ4n) is 2.64. The Hall–Kier alpha value is -1.41. The van der Waals surface area contributed by atoms with Crippen LogP contribution in [0.2, 0.25) is 0 Å². The maximum absolute atomic E-state index is 12.3. The third kappa shape index (κ3) is 4.07. The number of nitrogens with zero attached hydrogens (tertiary/aromatic N) is 2. The first-order valence-corrected chi connectivity index (χ1v) is 9.05. The molecule has 2 unspecified atom stereocenters. The second-order valence-corrected chi connectivity index (χ2v) is 7.96. The van der Waals surface area contributed by atoms with Gasteiger partial charge in [0.15, 0.2) is 9.84 Å². The fourth-order valence-corrected chi connectivity index (χ4v) is 4.15. The van der Waals surface area contributed by atoms with Crippen LogP contribution in [0.5, 0.6) is 0 Å². The molecule has 1 aliphatic rings. The Morgan fingerprint density at radius 2 is 1.86 bits per heavy atom. The smallest absolute Gasteiger partial charge is 0.237 e. The molecule has 1 fully saturated rings. The van der Waals surface area contributed by atoms with Gasteiger partial charge in [-0.1, -0.05) is 5.16 Å². The van der Waals surface area contributed by atoms with Gasteiger partial charge < -0.3 is 14.2 Å². The van der Waals surface area contributed by atoms with Gasteiger partial charge in [0.05, 0.1) is 23.7 Å². The maximum atomic E-state index is 12.3. The van der Waals surface area contributed by atoms with E-state index in [4.69, 9.17) is 9.26 Å². The summed E-state index contributed by atoms with van der Waals surface area (Å²) in [6.45, 7) is 7.93. The van der Waals surface area contributed by atoms with Crippen LogP contribution in [0.3, 0.4) is 0 Å². The van der Waals surface area contributed by atoms with Crippen molar-refractivity contribution in [3.05, 3.63) is 17.0 Å². The second kappa shape index (κ2) is 6.37. The van der Waals surface area contributed by atoms with Gasteiger partial charge in [0.2, 0.25) is 5.91 Å². The summed E-state index contributed by atoms with van der Waals surface area (Å²) in [5.74, 6) is -0.637. The molecule has 0 radical (unpaired) electrons. The highest BCUT2D eigenvalue weighted by Crippen LogP contribution is 2.17. The van der Waals surface area contributed by atoms with Crippen molar-refractivity contribution in [2.45, 2.75) is 45.7 Å². The predicted molar refractivity (Wildman–Crippen MR) is 80.1 cm³/mol. The average Bonchev–Trinajstić information content (AvgIpc) is 2.68. The fraction of sp³-hybridized carbons (Fsp3) is 0.714. The van der Waals surface area contributed by atoms with Gasteiger partial charge >= 0.3 is 0 Å². The van der Waals surface area contributed by atoms with Crippen LogP contribution in [0.15, 0.2) is 4.52 Å². The SMILES string of the molecule is Cc1noc(C)c1CS(=O)(=O)CC(=O)N1CC(C)OC(C)C1. The Bertz CT molecular complexity index is 623. The molecule has 124 valence electrons. The summed E-state index contributed by atoms with van der Waals surface area (Å²) in [4.78, 5) is 13.8. The van der Waals surface area contributed by atoms with Gasteiger partial charge in [-0.3, -0.25) is 4.79 Å². The number of morpholine rings is 1. The van der Waals surface area contributed by atoms with E-state index in [1.54, 1.807) is 18.7 Å². The highest BCUT2D eigenvalue weighted by atomic mass is 32.2. The molecule has 1 saturated heterocycles. The number of sulfone groups is 1. The summed E-state index contributed by atoms with van der Waals surface area (Å²) in [5.41, 5.74) is 1.08. The lowest BCUT2D eigenvalue weighted by atomic mass is 10.2. The van der Waals surface area contributed by atoms with Crippen LogP contribution in [-0.4, -0.2) is 55.4 Å². The van der Waals surface area contributed by atoms with Crippen LogP contribution in [0.4, 0.5) is 0 Å². The first kappa shape index (κ1) is 17.0. The van der Waals surface area contributed by atoms with Crippen LogP contribution in [0.1, 0.15) is 30.9 Å². The summed E-state index contributed by atoms with van der Waals surface area (Å²) in [6, 6.07) is 0. The van der Waals surface area contributed by atoms with Gasteiger partial charge in [0.1, 0.15) is 11.5 Å². The standard InChI is InChI=1S/C14H22N2O5S/c1-9-5-16(6-10(2)20-9)14(17)8-22(18,19)7-13-11(3)15-21-12(13)4/h9-10H,5-8H2,1-4H3. The van der Waals surface area contributed by atoms with Crippen molar-refractivity contribution in [1.29, 1.82) is 0 Å². The molecule has 0 spiro atoms. The topological polar surface area (TPSA) is 89.7 Å². The largest absolute Gasteiger partial charge is 0.372 e. The van der Waals surface area contributed by atoms with Gasteiger partial charge in [-0.25, -0.2) is 8.42 Å². The highest BCUT2D eigenvalue weighted by molar-refractivity contribution is 7.91. The Labute approximate surface area is 130 Å². The summed E-state index contributed by atoms with van der Waals surface area (Å²) in [5, 5.41) is 3.74. The van der Waals surface area contributed by atoms with Gasteiger partial charge in [0, 0.05) is 18.7 Å². The summed E-state index contributed by atoms with van der Waals surface area (Å²) in [6.07, 6.45) is -0.170. The molecule has 2 atom stereocenters. The van der Waals surface area contributed by atoms with Crippen LogP contribution in [0, 0.1) is 13.8 Å². The molecule has 0 saturated carbocycles. The number of aryl methyl sites for hydroxylation is 2. The predicted octanol–water partition coefficient (Wildman–Crippen LogP) is 0.842. The Balaban J connectivity index is 2.04. The van der Waals surface area contributed by atoms with Crippen molar-refractivity contribution in [3.63, 3.8) is 0 Å². The van der Waals surface area contributed by atoms with Gasteiger partial charge in [-0.2, -0.15) is 0 Å². The summed E-state index contributed by atoms with van der Waals surface area (Å²) in [7, 11) is -3.57. The van der Waals surface area contributed by atoms with Crippen molar-refractivity contribution in [1.82, 2.24) is 10.1 Å². The van der Waals surface area contributed by atoms with E-state index < -0.39 is 15.6 Å². The van der Waals surface area contributed by atoms with Crippen LogP contribution in [0.25, 0.3) is 0 Å². The zero-order chi connectivity index (χ0) is 16.5. The number of carbonyl (C=O) groups excluding carboxylic acids is 1. The molecule has 0 N–H and O–H groups in total. The third-order valence-electron chi connectivity index (χ3n) is 3.66. The van der Waals surface area contributed by atoms with Gasteiger partial charge in [-0.15, -0.1) is 0 Å². The van der Waals surface area contributed by atoms with Crippen molar-refractivity contribution < 1.29 is 22.5 Å². The number of rotatable bonds is 4. The molecule has 7 nitrogen and oxygen atoms in total. The summed E-state index contributed by atoms with van der Waals surface area (Å²) >= 11 is 0. The Morgan fingerprint density at radius 1 is 1.27 bits per heavy atom. The minimum atomic E-state index is -3.57. The molecule has 1 aromatic rings. The van der Waals surface area contributed by atoms with E-state index in [9.17, 15) is 13.2 Å². The molecular weight excluding hydrogens is 308 g/mol. The maximum Gasteiger partial charge on any atom is 0.237 e. The number of carbonyl (C=O) groups is 1. The molecule has 2 rings (SSSR count). The molecule has 1 aliphatic heterocycles. The molecule has 22 heavy (non-hydrogen) atoms. The molecule has 0 bridgehead atoms. The quantitative estimate of drug-likeness (QED) is 0.813. The van der Waals surface area contributed by atoms with E-state index in [1.165, 1.54) is 0 Å². The van der Waals surface area contributed by atoms with E-state index in [-0.39, 0.29) is 23.9 Å². The number of hydrogen-bond donors (Lipinski definition) is 0. The highest BCUT2D eigenvalue weighted by Gasteiger charge is 2.29. The molecule has 0 aromatic carbocycles. The molecule has 2 heterocycles. The van der Waals surface area contributed by atoms with Crippen molar-refractivity contribution in [2.24, 2.45) is 0 Å². The van der Waals surface area contributed by atoms with E-state index >= 15 is 0 Å². The minimum absolute atomic E-state index is 0.0852. The lowest BCUT2D eigenvalue weighted by molar-refractivity contribution is -0.140. The number of aromatic nitrogens is 1. The average molecular weight is 330 g/mol. The normalized spacial score (nSPS) is 22.8. The van der Waals surface area contributed by atoms with E-state index in [0.29, 0.717) is 30.1 Å². The molecule has 0 aliphatic carbocycles. The van der Waals surface area contributed by atoms with Crippen LogP contribution in [-0.2, 0) is 25.1 Å². The third-order valence-corrected chi connectivity index (χ3v) is 5.08. The van der Waals surface area contributed by atoms with E-state index in [0.717, 1.165) is 0 Å². The molecule has 1 aromatic heterocycles. The van der Waals surface area contributed by atoms with Crippen molar-refractivity contribution in [2.75, 3.05) is 18.8 Å². The zero-order valence-electron chi connectivity index (χ0n) is 13.3. The second-order valence-electron chi connectivity index (χ2n) is 5.89. The van der Waals surface area contributed by atoms with Crippen LogP contribution >= 0.6 is 0 Å². The molecular formula is C14H22N2O5S. The van der Waals surface area contributed by atoms with Crippen LogP contribution < -0.4 is 0 Å². The molecule has 8 heteroatoms. The van der Waals surface area contributed by atoms with Crippen molar-refractivity contribution >= 4 is 15.7 Å². The lowest BCUT2D eigenvalue weighted by Gasteiger charge is -2.35. The first-order valence-electron chi connectivity index (χ1n) is 7.23. The molecule has 1 amide bonds. The number of hydrogen-bond acceptors (Lipinski definition) is 6. The minimum Gasteiger partial charge on any atom is -0.372 e. The first-order chi connectivity index (χ1) is 10.2. The Morgan fingerprint density at radius 3 is 2.36 bits per heavy atom. The van der Waals surface area contributed by atoms with E-state index in [1.807, 2.05) is 13.8 Å². The lowest BCUT2D eigenvalue weighted by Crippen LogP contribution is -2.49. The van der Waals surface area contributed by atoms with Gasteiger partial charge in [0.25, 0.3) is 0 Å². The van der Waals surface area contributed by atoms with Gasteiger partial charge in [-0.05, 0) is 27.7 Å². The van der Waals surface area contributed by atoms with E-state index in [2.05, 4.69) is 5.16 Å². The zero-order valence-corrected chi connectivity index (χ0v) is 14.1. The summed E-state index contributed by atoms with van der Waals surface area (Å²) < 4.78 is 35.1.